The molecule has 1 aromatic carbocycles. The van der Waals surface area contributed by atoms with Crippen molar-refractivity contribution < 1.29 is 9.53 Å². The molecule has 1 aliphatic rings. The summed E-state index contributed by atoms with van der Waals surface area (Å²) in [5, 5.41) is 0. The van der Waals surface area contributed by atoms with E-state index in [4.69, 9.17) is 4.74 Å². The largest absolute Gasteiger partial charge is 0.466 e. The van der Waals surface area contributed by atoms with Crippen LogP contribution in [0, 0.1) is 0 Å². The number of hydrogen-bond acceptors (Lipinski definition) is 3. The van der Waals surface area contributed by atoms with E-state index in [9.17, 15) is 4.79 Å². The lowest BCUT2D eigenvalue weighted by molar-refractivity contribution is -0.144. The van der Waals surface area contributed by atoms with Crippen molar-refractivity contribution in [2.75, 3.05) is 19.7 Å². The Morgan fingerprint density at radius 2 is 1.81 bits per heavy atom. The summed E-state index contributed by atoms with van der Waals surface area (Å²) in [5.41, 5.74) is 2.66. The fourth-order valence-corrected chi connectivity index (χ4v) is 2.91. The molecule has 0 amide bonds. The zero-order valence-electron chi connectivity index (χ0n) is 13.5. The van der Waals surface area contributed by atoms with Crippen LogP contribution >= 0.6 is 0 Å². The number of nitrogens with zero attached hydrogens (tertiary/aromatic N) is 1. The van der Waals surface area contributed by atoms with E-state index in [-0.39, 0.29) is 12.0 Å². The number of ether oxygens (including phenoxy) is 1. The van der Waals surface area contributed by atoms with Gasteiger partial charge in [0.1, 0.15) is 0 Å². The van der Waals surface area contributed by atoms with Crippen LogP contribution in [0.2, 0.25) is 0 Å². The molecule has 21 heavy (non-hydrogen) atoms. The first kappa shape index (κ1) is 16.0. The molecule has 0 heterocycles. The predicted molar refractivity (Wildman–Crippen MR) is 85.3 cm³/mol. The van der Waals surface area contributed by atoms with Gasteiger partial charge < -0.3 is 4.74 Å². The third-order valence-corrected chi connectivity index (χ3v) is 4.29. The maximum Gasteiger partial charge on any atom is 0.307 e. The number of benzene rings is 1. The van der Waals surface area contributed by atoms with Gasteiger partial charge >= 0.3 is 5.97 Å². The minimum absolute atomic E-state index is 0.110. The van der Waals surface area contributed by atoms with E-state index < -0.39 is 0 Å². The molecule has 1 saturated carbocycles. The third-order valence-electron chi connectivity index (χ3n) is 4.29. The smallest absolute Gasteiger partial charge is 0.307 e. The summed E-state index contributed by atoms with van der Waals surface area (Å²) in [7, 11) is 0. The average Bonchev–Trinajstić information content (AvgIpc) is 3.32. The highest BCUT2D eigenvalue weighted by Crippen LogP contribution is 2.40. The topological polar surface area (TPSA) is 29.5 Å². The van der Waals surface area contributed by atoms with Gasteiger partial charge in [-0.15, -0.1) is 0 Å². The van der Waals surface area contributed by atoms with Crippen LogP contribution in [0.4, 0.5) is 0 Å². The van der Waals surface area contributed by atoms with E-state index in [1.54, 1.807) is 0 Å². The maximum atomic E-state index is 11.9. The lowest BCUT2D eigenvalue weighted by atomic mass is 9.99. The van der Waals surface area contributed by atoms with Crippen LogP contribution in [-0.2, 0) is 9.53 Å². The Morgan fingerprint density at radius 3 is 2.29 bits per heavy atom. The first-order chi connectivity index (χ1) is 10.2. The fraction of sp³-hybridized carbons (Fsp3) is 0.611. The number of carbonyl (C=O) groups excluding carboxylic acids is 1. The minimum atomic E-state index is -0.110. The molecular formula is C18H27NO2. The van der Waals surface area contributed by atoms with Gasteiger partial charge in [0.2, 0.25) is 0 Å². The molecule has 1 aliphatic carbocycles. The van der Waals surface area contributed by atoms with Gasteiger partial charge in [0.25, 0.3) is 0 Å². The molecule has 1 fully saturated rings. The van der Waals surface area contributed by atoms with Crippen LogP contribution in [0.25, 0.3) is 0 Å². The van der Waals surface area contributed by atoms with Crippen LogP contribution in [-0.4, -0.2) is 30.6 Å². The van der Waals surface area contributed by atoms with Gasteiger partial charge in [0.05, 0.1) is 13.0 Å². The second-order valence-electron chi connectivity index (χ2n) is 5.69. The summed E-state index contributed by atoms with van der Waals surface area (Å²) in [6.07, 6.45) is 3.07. The van der Waals surface area contributed by atoms with Crippen LogP contribution < -0.4 is 0 Å². The molecular weight excluding hydrogens is 262 g/mol. The maximum absolute atomic E-state index is 11.9. The molecule has 0 aromatic heterocycles. The summed E-state index contributed by atoms with van der Waals surface area (Å²) in [6, 6.07) is 8.96. The molecule has 116 valence electrons. The monoisotopic (exact) mass is 289 g/mol. The summed E-state index contributed by atoms with van der Waals surface area (Å²) < 4.78 is 5.14. The standard InChI is InChI=1S/C18H27NO2/c1-4-19(5-2)17(13-18(20)21-6-3)16-11-9-15(10-12-16)14-7-8-14/h9-12,14,17H,4-8,13H2,1-3H3. The Hall–Kier alpha value is -1.35. The van der Waals surface area contributed by atoms with E-state index in [1.165, 1.54) is 24.0 Å². The van der Waals surface area contributed by atoms with Crippen molar-refractivity contribution in [2.24, 2.45) is 0 Å². The van der Waals surface area contributed by atoms with Crippen molar-refractivity contribution in [1.29, 1.82) is 0 Å². The summed E-state index contributed by atoms with van der Waals surface area (Å²) in [5.74, 6) is 0.664. The highest BCUT2D eigenvalue weighted by atomic mass is 16.5. The Balaban J connectivity index is 2.14. The van der Waals surface area contributed by atoms with Gasteiger partial charge in [-0.1, -0.05) is 38.1 Å². The van der Waals surface area contributed by atoms with Gasteiger partial charge in [0, 0.05) is 6.04 Å². The molecule has 2 rings (SSSR count). The molecule has 0 saturated heterocycles. The quantitative estimate of drug-likeness (QED) is 0.680. The Bertz CT molecular complexity index is 447. The zero-order chi connectivity index (χ0) is 15.2. The van der Waals surface area contributed by atoms with E-state index >= 15 is 0 Å². The van der Waals surface area contributed by atoms with Crippen molar-refractivity contribution in [3.05, 3.63) is 35.4 Å². The number of esters is 1. The van der Waals surface area contributed by atoms with E-state index in [0.717, 1.165) is 19.0 Å². The summed E-state index contributed by atoms with van der Waals surface area (Å²) >= 11 is 0. The number of rotatable bonds is 8. The van der Waals surface area contributed by atoms with Crippen molar-refractivity contribution in [1.82, 2.24) is 4.90 Å². The summed E-state index contributed by atoms with van der Waals surface area (Å²) in [4.78, 5) is 14.2. The molecule has 3 heteroatoms. The van der Waals surface area contributed by atoms with Crippen LogP contribution in [0.3, 0.4) is 0 Å². The highest BCUT2D eigenvalue weighted by Gasteiger charge is 2.25. The van der Waals surface area contributed by atoms with Crippen LogP contribution in [0.1, 0.15) is 63.1 Å². The average molecular weight is 289 g/mol. The Kier molecular flexibility index (Phi) is 5.80. The molecule has 0 aliphatic heterocycles. The molecule has 0 radical (unpaired) electrons. The predicted octanol–water partition coefficient (Wildman–Crippen LogP) is 3.90. The number of carbonyl (C=O) groups is 1. The summed E-state index contributed by atoms with van der Waals surface area (Å²) in [6.45, 7) is 8.45. The van der Waals surface area contributed by atoms with Gasteiger partial charge in [0.15, 0.2) is 0 Å². The lowest BCUT2D eigenvalue weighted by Crippen LogP contribution is -2.30. The third kappa shape index (κ3) is 4.31. The SMILES string of the molecule is CCOC(=O)CC(c1ccc(C2CC2)cc1)N(CC)CC. The van der Waals surface area contributed by atoms with Crippen molar-refractivity contribution >= 4 is 5.97 Å². The van der Waals surface area contributed by atoms with E-state index in [1.807, 2.05) is 6.92 Å². The first-order valence-electron chi connectivity index (χ1n) is 8.19. The van der Waals surface area contributed by atoms with Crippen molar-refractivity contribution in [3.8, 4) is 0 Å². The fourth-order valence-electron chi connectivity index (χ4n) is 2.91. The van der Waals surface area contributed by atoms with Crippen LogP contribution in [0.5, 0.6) is 0 Å². The van der Waals surface area contributed by atoms with Crippen LogP contribution in [0.15, 0.2) is 24.3 Å². The zero-order valence-corrected chi connectivity index (χ0v) is 13.5. The minimum Gasteiger partial charge on any atom is -0.466 e. The molecule has 1 atom stereocenters. The van der Waals surface area contributed by atoms with Crippen molar-refractivity contribution in [3.63, 3.8) is 0 Å². The second-order valence-corrected chi connectivity index (χ2v) is 5.69. The van der Waals surface area contributed by atoms with Crippen molar-refractivity contribution in [2.45, 2.75) is 52.0 Å². The normalized spacial score (nSPS) is 16.0. The molecule has 1 unspecified atom stereocenters. The van der Waals surface area contributed by atoms with Gasteiger partial charge in [-0.2, -0.15) is 0 Å². The molecule has 0 bridgehead atoms. The van der Waals surface area contributed by atoms with Gasteiger partial charge in [-0.05, 0) is 49.9 Å². The van der Waals surface area contributed by atoms with E-state index in [0.29, 0.717) is 13.0 Å². The molecule has 3 nitrogen and oxygen atoms in total. The number of hydrogen-bond donors (Lipinski definition) is 0. The van der Waals surface area contributed by atoms with Gasteiger partial charge in [-0.25, -0.2) is 0 Å². The molecule has 0 spiro atoms. The molecule has 0 N–H and O–H groups in total. The first-order valence-corrected chi connectivity index (χ1v) is 8.19. The molecule has 1 aromatic rings. The second kappa shape index (κ2) is 7.60. The highest BCUT2D eigenvalue weighted by molar-refractivity contribution is 5.70. The lowest BCUT2D eigenvalue weighted by Gasteiger charge is -2.29. The van der Waals surface area contributed by atoms with E-state index in [2.05, 4.69) is 43.0 Å². The Labute approximate surface area is 128 Å². The Morgan fingerprint density at radius 1 is 1.19 bits per heavy atom. The van der Waals surface area contributed by atoms with Gasteiger partial charge in [-0.3, -0.25) is 9.69 Å².